The number of carboxylic acid groups (broad SMARTS) is 2. The number of carbonyl (C=O) groups is 3. The van der Waals surface area contributed by atoms with Gasteiger partial charge in [-0.15, -0.1) is 0 Å². The summed E-state index contributed by atoms with van der Waals surface area (Å²) in [5, 5.41) is 29.7. The van der Waals surface area contributed by atoms with E-state index in [9.17, 15) is 22.8 Å². The molecule has 15 nitrogen and oxygen atoms in total. The number of hydrogen-bond acceptors (Lipinski definition) is 9. The van der Waals surface area contributed by atoms with Crippen LogP contribution in [-0.2, 0) is 25.4 Å². The Morgan fingerprint density at radius 2 is 1.79 bits per heavy atom. The number of nitrogens with two attached hydrogens (primary N) is 2. The van der Waals surface area contributed by atoms with Crippen molar-refractivity contribution in [3.05, 3.63) is 52.7 Å². The van der Waals surface area contributed by atoms with E-state index in [0.717, 1.165) is 29.5 Å². The van der Waals surface area contributed by atoms with Crippen molar-refractivity contribution in [2.75, 3.05) is 20.1 Å². The third-order valence-corrected chi connectivity index (χ3v) is 8.67. The molecule has 4 rings (SSSR count). The third kappa shape index (κ3) is 11.3. The number of sulfonamides is 1. The number of fused-ring (bicyclic) bond motifs is 1. The SMILES string of the molecule is CNC(=O)c1c(-c2ccc(C)cc2)oc2nc(CS(=O)(=O)NCCCCC(=O)O)c(C3CC3)cc12.N=C(N)NCCCC(N)C(=O)O. The maximum absolute atomic E-state index is 12.8. The Morgan fingerprint density at radius 1 is 1.11 bits per heavy atom. The number of nitrogens with zero attached hydrogens (tertiary/aromatic N) is 1. The molecule has 0 radical (unpaired) electrons. The topological polar surface area (TPSA) is 264 Å². The molecule has 1 fully saturated rings. The first kappa shape index (κ1) is 36.9. The van der Waals surface area contributed by atoms with Gasteiger partial charge in [0.2, 0.25) is 15.7 Å². The Balaban J connectivity index is 0.000000426. The Bertz CT molecular complexity index is 1690. The Kier molecular flexibility index (Phi) is 13.2. The predicted octanol–water partition coefficient (Wildman–Crippen LogP) is 2.38. The second kappa shape index (κ2) is 16.9. The van der Waals surface area contributed by atoms with Gasteiger partial charge >= 0.3 is 11.9 Å². The van der Waals surface area contributed by atoms with Crippen molar-refractivity contribution >= 4 is 44.9 Å². The molecular weight excluding hydrogens is 630 g/mol. The van der Waals surface area contributed by atoms with E-state index < -0.39 is 28.0 Å². The number of aryl methyl sites for hydroxylation is 1. The van der Waals surface area contributed by atoms with Crippen LogP contribution in [0.15, 0.2) is 34.7 Å². The number of guanidine groups is 1. The number of pyridine rings is 1. The van der Waals surface area contributed by atoms with Gasteiger partial charge in [0.15, 0.2) is 5.96 Å². The zero-order chi connectivity index (χ0) is 34.7. The lowest BCUT2D eigenvalue weighted by molar-refractivity contribution is -0.139. The van der Waals surface area contributed by atoms with Crippen LogP contribution in [0.3, 0.4) is 0 Å². The molecule has 1 aliphatic rings. The summed E-state index contributed by atoms with van der Waals surface area (Å²) in [6.07, 6.45) is 3.67. The number of aromatic nitrogens is 1. The quantitative estimate of drug-likeness (QED) is 0.0619. The maximum Gasteiger partial charge on any atom is 0.320 e. The van der Waals surface area contributed by atoms with E-state index in [2.05, 4.69) is 20.3 Å². The fraction of sp³-hybridized carbons (Fsp3) is 0.452. The van der Waals surface area contributed by atoms with Crippen LogP contribution in [0.2, 0.25) is 0 Å². The molecule has 2 aromatic heterocycles. The molecule has 0 bridgehead atoms. The number of unbranched alkanes of at least 4 members (excludes halogenated alkanes) is 1. The molecule has 1 amide bonds. The number of carbonyl (C=O) groups excluding carboxylic acids is 1. The minimum absolute atomic E-state index is 0.00125. The molecule has 1 saturated carbocycles. The van der Waals surface area contributed by atoms with Crippen molar-refractivity contribution in [2.45, 2.75) is 69.6 Å². The van der Waals surface area contributed by atoms with Gasteiger partial charge in [-0.05, 0) is 63.0 Å². The van der Waals surface area contributed by atoms with Gasteiger partial charge in [0.25, 0.3) is 5.91 Å². The number of nitrogens with one attached hydrogen (secondary N) is 4. The molecule has 1 atom stereocenters. The Hall–Kier alpha value is -4.54. The molecule has 1 aliphatic carbocycles. The van der Waals surface area contributed by atoms with E-state index in [1.165, 1.54) is 0 Å². The normalized spacial score (nSPS) is 13.3. The van der Waals surface area contributed by atoms with Gasteiger partial charge in [-0.3, -0.25) is 19.8 Å². The minimum atomic E-state index is -3.69. The maximum atomic E-state index is 12.8. The highest BCUT2D eigenvalue weighted by Gasteiger charge is 2.31. The highest BCUT2D eigenvalue weighted by Crippen LogP contribution is 2.44. The molecule has 47 heavy (non-hydrogen) atoms. The molecule has 2 heterocycles. The summed E-state index contributed by atoms with van der Waals surface area (Å²) in [5.41, 5.74) is 13.8. The van der Waals surface area contributed by atoms with Crippen molar-refractivity contribution in [2.24, 2.45) is 11.5 Å². The first-order valence-corrected chi connectivity index (χ1v) is 16.9. The number of amides is 1. The summed E-state index contributed by atoms with van der Waals surface area (Å²) < 4.78 is 34.1. The van der Waals surface area contributed by atoms with Crippen molar-refractivity contribution in [1.29, 1.82) is 5.41 Å². The molecule has 16 heteroatoms. The number of furan rings is 1. The summed E-state index contributed by atoms with van der Waals surface area (Å²) in [6, 6.07) is 8.64. The Labute approximate surface area is 273 Å². The van der Waals surface area contributed by atoms with Crippen LogP contribution in [0.4, 0.5) is 0 Å². The molecular formula is C31H43N7O8S. The predicted molar refractivity (Wildman–Crippen MR) is 176 cm³/mol. The number of rotatable bonds is 16. The van der Waals surface area contributed by atoms with E-state index in [-0.39, 0.29) is 42.2 Å². The van der Waals surface area contributed by atoms with Crippen molar-refractivity contribution in [1.82, 2.24) is 20.3 Å². The van der Waals surface area contributed by atoms with Gasteiger partial charge in [0.05, 0.1) is 16.6 Å². The van der Waals surface area contributed by atoms with Gasteiger partial charge in [-0.25, -0.2) is 18.1 Å². The molecule has 10 N–H and O–H groups in total. The summed E-state index contributed by atoms with van der Waals surface area (Å²) in [7, 11) is -2.14. The standard InChI is InChI=1S/C25H29N3O6S.C6H14N4O2/c1-15-6-8-17(9-7-15)23-22(24(31)26-2)19-13-18(16-10-11-16)20(28-25(19)34-23)14-35(32,33)27-12-4-3-5-21(29)30;7-4(5(11)12)2-1-3-10-6(8)9/h6-9,13,16,27H,3-5,10-12,14H2,1-2H3,(H,26,31)(H,29,30);4H,1-3,7H2,(H,11,12)(H4,8,9,10). The van der Waals surface area contributed by atoms with Crippen LogP contribution in [0.25, 0.3) is 22.4 Å². The van der Waals surface area contributed by atoms with E-state index in [1.54, 1.807) is 7.05 Å². The number of benzene rings is 1. The van der Waals surface area contributed by atoms with Gasteiger partial charge in [-0.2, -0.15) is 0 Å². The van der Waals surface area contributed by atoms with Crippen LogP contribution in [-0.4, -0.2) is 73.6 Å². The van der Waals surface area contributed by atoms with E-state index in [1.807, 2.05) is 37.3 Å². The average molecular weight is 674 g/mol. The summed E-state index contributed by atoms with van der Waals surface area (Å²) in [6.45, 7) is 2.62. The first-order valence-electron chi connectivity index (χ1n) is 15.2. The van der Waals surface area contributed by atoms with Crippen LogP contribution in [0, 0.1) is 12.3 Å². The number of aliphatic carboxylic acids is 2. The highest BCUT2D eigenvalue weighted by atomic mass is 32.2. The van der Waals surface area contributed by atoms with E-state index in [4.69, 9.17) is 31.5 Å². The largest absolute Gasteiger partial charge is 0.481 e. The third-order valence-electron chi connectivity index (χ3n) is 7.37. The van der Waals surface area contributed by atoms with Gasteiger partial charge < -0.3 is 36.7 Å². The molecule has 0 saturated heterocycles. The van der Waals surface area contributed by atoms with Crippen LogP contribution in [0.5, 0.6) is 0 Å². The lowest BCUT2D eigenvalue weighted by Gasteiger charge is -2.10. The van der Waals surface area contributed by atoms with E-state index >= 15 is 0 Å². The fourth-order valence-corrected chi connectivity index (χ4v) is 5.87. The van der Waals surface area contributed by atoms with Crippen molar-refractivity contribution < 1.29 is 37.4 Å². The second-order valence-corrected chi connectivity index (χ2v) is 13.1. The summed E-state index contributed by atoms with van der Waals surface area (Å²) in [4.78, 5) is 38.3. The molecule has 1 aromatic carbocycles. The zero-order valence-electron chi connectivity index (χ0n) is 26.5. The minimum Gasteiger partial charge on any atom is -0.481 e. The number of carboxylic acids is 2. The Morgan fingerprint density at radius 3 is 2.36 bits per heavy atom. The van der Waals surface area contributed by atoms with Crippen LogP contribution in [0.1, 0.15) is 78.0 Å². The van der Waals surface area contributed by atoms with Crippen molar-refractivity contribution in [3.63, 3.8) is 0 Å². The van der Waals surface area contributed by atoms with E-state index in [0.29, 0.717) is 54.6 Å². The number of hydrogen-bond donors (Lipinski definition) is 8. The lowest BCUT2D eigenvalue weighted by Crippen LogP contribution is -2.34. The lowest BCUT2D eigenvalue weighted by atomic mass is 10.0. The molecule has 0 aliphatic heterocycles. The molecule has 0 spiro atoms. The summed E-state index contributed by atoms with van der Waals surface area (Å²) in [5.74, 6) is -2.04. The zero-order valence-corrected chi connectivity index (χ0v) is 27.3. The first-order chi connectivity index (χ1) is 22.2. The van der Waals surface area contributed by atoms with Gasteiger partial charge in [0.1, 0.15) is 17.6 Å². The highest BCUT2D eigenvalue weighted by molar-refractivity contribution is 7.88. The molecule has 1 unspecified atom stereocenters. The van der Waals surface area contributed by atoms with Gasteiger partial charge in [0, 0.05) is 32.1 Å². The summed E-state index contributed by atoms with van der Waals surface area (Å²) >= 11 is 0. The van der Waals surface area contributed by atoms with Crippen LogP contribution >= 0.6 is 0 Å². The van der Waals surface area contributed by atoms with Crippen molar-refractivity contribution in [3.8, 4) is 11.3 Å². The van der Waals surface area contributed by atoms with Crippen LogP contribution < -0.4 is 26.8 Å². The average Bonchev–Trinajstić information content (AvgIpc) is 3.79. The second-order valence-electron chi connectivity index (χ2n) is 11.3. The molecule has 256 valence electrons. The molecule has 3 aromatic rings. The van der Waals surface area contributed by atoms with Gasteiger partial charge in [-0.1, -0.05) is 29.8 Å². The fourth-order valence-electron chi connectivity index (χ4n) is 4.73. The smallest absolute Gasteiger partial charge is 0.320 e. The monoisotopic (exact) mass is 673 g/mol.